The van der Waals surface area contributed by atoms with Crippen molar-refractivity contribution in [3.8, 4) is 0 Å². The Hall–Kier alpha value is -4.33. The molecule has 2 aliphatic heterocycles. The second-order valence-corrected chi connectivity index (χ2v) is 19.4. The first-order chi connectivity index (χ1) is 27.0. The zero-order valence-electron chi connectivity index (χ0n) is 37.5. The van der Waals surface area contributed by atoms with Crippen LogP contribution in [-0.4, -0.2) is 139 Å². The van der Waals surface area contributed by atoms with Gasteiger partial charge < -0.3 is 48.3 Å². The van der Waals surface area contributed by atoms with Gasteiger partial charge in [-0.25, -0.2) is 34.1 Å². The number of carbonyl (C=O) groups is 4. The van der Waals surface area contributed by atoms with Gasteiger partial charge in [0.25, 0.3) is 0 Å². The van der Waals surface area contributed by atoms with Gasteiger partial charge in [0, 0.05) is 26.7 Å². The van der Waals surface area contributed by atoms with Crippen molar-refractivity contribution < 1.29 is 52.3 Å². The van der Waals surface area contributed by atoms with Crippen LogP contribution >= 0.6 is 0 Å². The van der Waals surface area contributed by atoms with Gasteiger partial charge in [0.05, 0.1) is 6.33 Å². The molecule has 4 rings (SSSR count). The van der Waals surface area contributed by atoms with Crippen LogP contribution in [0.3, 0.4) is 0 Å². The van der Waals surface area contributed by atoms with Gasteiger partial charge in [-0.05, 0) is 116 Å². The number of amides is 3. The molecule has 3 amide bonds. The van der Waals surface area contributed by atoms with E-state index in [1.807, 2.05) is 34.6 Å². The van der Waals surface area contributed by atoms with E-state index < -0.39 is 83.0 Å². The average Bonchev–Trinajstić information content (AvgIpc) is 3.70. The summed E-state index contributed by atoms with van der Waals surface area (Å²) in [6, 6.07) is -1.04. The third-order valence-electron chi connectivity index (χ3n) is 8.61. The highest BCUT2D eigenvalue weighted by atomic mass is 16.8. The Balaban J connectivity index is 1.60. The van der Waals surface area contributed by atoms with Gasteiger partial charge in [0.2, 0.25) is 0 Å². The van der Waals surface area contributed by atoms with Gasteiger partial charge in [0.1, 0.15) is 53.1 Å². The van der Waals surface area contributed by atoms with Crippen molar-refractivity contribution in [2.75, 3.05) is 38.5 Å². The van der Waals surface area contributed by atoms with Gasteiger partial charge in [0.15, 0.2) is 29.0 Å². The Morgan fingerprint density at radius 3 is 2.00 bits per heavy atom. The number of nitrogens with zero attached hydrogens (tertiary/aromatic N) is 6. The molecule has 2 aromatic heterocycles. The van der Waals surface area contributed by atoms with Gasteiger partial charge >= 0.3 is 24.2 Å². The number of fused-ring (bicyclic) bond motifs is 2. The minimum Gasteiger partial charge on any atom is -0.458 e. The first-order valence-electron chi connectivity index (χ1n) is 20.1. The highest BCUT2D eigenvalue weighted by Gasteiger charge is 2.56. The lowest BCUT2D eigenvalue weighted by Gasteiger charge is -2.31. The van der Waals surface area contributed by atoms with Crippen LogP contribution in [0.15, 0.2) is 12.7 Å². The van der Waals surface area contributed by atoms with Crippen LogP contribution < -0.4 is 10.6 Å². The molecule has 19 nitrogen and oxygen atoms in total. The number of carbonyl (C=O) groups excluding carboxylic acids is 4. The molecule has 4 heterocycles. The number of ether oxygens (including phenoxy) is 7. The van der Waals surface area contributed by atoms with Crippen LogP contribution in [-0.2, 0) is 38.0 Å². The number of imidazole rings is 1. The molecular weight excluding hydrogens is 768 g/mol. The minimum atomic E-state index is -1.04. The van der Waals surface area contributed by atoms with Crippen molar-refractivity contribution in [1.82, 2.24) is 34.6 Å². The second-order valence-electron chi connectivity index (χ2n) is 19.4. The van der Waals surface area contributed by atoms with Crippen molar-refractivity contribution in [1.29, 1.82) is 0 Å². The van der Waals surface area contributed by atoms with Crippen molar-refractivity contribution in [2.45, 2.75) is 169 Å². The monoisotopic (exact) mass is 834 g/mol. The molecule has 0 aliphatic carbocycles. The summed E-state index contributed by atoms with van der Waals surface area (Å²) in [5.74, 6) is -1.39. The Labute approximate surface area is 347 Å². The summed E-state index contributed by atoms with van der Waals surface area (Å²) in [5, 5.41) is 5.37. The largest absolute Gasteiger partial charge is 0.458 e. The van der Waals surface area contributed by atoms with E-state index in [2.05, 4.69) is 30.5 Å². The lowest BCUT2D eigenvalue weighted by molar-refractivity contribution is -0.198. The van der Waals surface area contributed by atoms with Crippen molar-refractivity contribution >= 4 is 41.2 Å². The summed E-state index contributed by atoms with van der Waals surface area (Å²) in [7, 11) is 1.68. The van der Waals surface area contributed by atoms with Crippen LogP contribution in [0.1, 0.15) is 116 Å². The number of alkyl carbamates (subject to hydrolysis) is 1. The molecule has 2 N–H and O–H groups in total. The van der Waals surface area contributed by atoms with E-state index >= 15 is 0 Å². The fraction of sp³-hybridized carbons (Fsp3) is 0.775. The fourth-order valence-electron chi connectivity index (χ4n) is 6.45. The minimum absolute atomic E-state index is 0.166. The molecule has 2 fully saturated rings. The maximum absolute atomic E-state index is 13.5. The lowest BCUT2D eigenvalue weighted by atomic mass is 10.1. The third-order valence-corrected chi connectivity index (χ3v) is 8.61. The molecule has 2 aliphatic rings. The Bertz CT molecular complexity index is 1790. The zero-order chi connectivity index (χ0) is 44.3. The number of hydrogen-bond acceptors (Lipinski definition) is 15. The van der Waals surface area contributed by atoms with E-state index in [0.717, 1.165) is 0 Å². The molecule has 0 saturated carbocycles. The molecule has 0 unspecified atom stereocenters. The quantitative estimate of drug-likeness (QED) is 0.181. The Morgan fingerprint density at radius 2 is 1.39 bits per heavy atom. The topological polar surface area (TPSA) is 207 Å². The van der Waals surface area contributed by atoms with Crippen molar-refractivity contribution in [2.24, 2.45) is 0 Å². The van der Waals surface area contributed by atoms with Crippen molar-refractivity contribution in [3.63, 3.8) is 0 Å². The highest BCUT2D eigenvalue weighted by Crippen LogP contribution is 2.44. The van der Waals surface area contributed by atoms with Crippen LogP contribution in [0, 0.1) is 0 Å². The van der Waals surface area contributed by atoms with E-state index in [1.165, 1.54) is 11.2 Å². The number of esters is 1. The Morgan fingerprint density at radius 1 is 0.797 bits per heavy atom. The predicted octanol–water partition coefficient (Wildman–Crippen LogP) is 5.77. The van der Waals surface area contributed by atoms with Gasteiger partial charge in [-0.3, -0.25) is 9.88 Å². The Kier molecular flexibility index (Phi) is 14.5. The molecule has 2 saturated heterocycles. The standard InChI is InChI=1S/C40H66N8O11/c1-36(2,3)56-32(49)24(44-33(50)57-37(4,5)6)17-20-47(19-16-18-46(15)35(52)59-39(10,11)12)21-25-27-28(55-40(13,14)54-27)31(53-25)48-23-43-26-29(41-22-42-30(26)48)45-34(51)58-38(7,8)9/h22-25,27-28,31H,16-21H2,1-15H3,(H,44,50)(H,41,42,45,51)/t24-,25+,27+,28+,31+/m0/s1. The first-order valence-corrected chi connectivity index (χ1v) is 20.1. The summed E-state index contributed by atoms with van der Waals surface area (Å²) in [6.45, 7) is 26.3. The SMILES string of the molecule is CN(CCCN(CC[C@H](NC(=O)OC(C)(C)C)C(=O)OC(C)(C)C)C[C@H]1O[C@@H](n2cnc3c(NC(=O)OC(C)(C)C)ncnc32)[C@@H]2OC(C)(C)O[C@@H]21)C(=O)OC(C)(C)C. The van der Waals surface area contributed by atoms with Crippen LogP contribution in [0.5, 0.6) is 0 Å². The molecule has 0 radical (unpaired) electrons. The molecule has 5 atom stereocenters. The normalized spacial score (nSPS) is 21.2. The van der Waals surface area contributed by atoms with E-state index in [4.69, 9.17) is 33.2 Å². The molecule has 0 aromatic carbocycles. The predicted molar refractivity (Wildman–Crippen MR) is 216 cm³/mol. The van der Waals surface area contributed by atoms with E-state index in [1.54, 1.807) is 80.3 Å². The molecule has 59 heavy (non-hydrogen) atoms. The van der Waals surface area contributed by atoms with E-state index in [9.17, 15) is 19.2 Å². The smallest absolute Gasteiger partial charge is 0.413 e. The summed E-state index contributed by atoms with van der Waals surface area (Å²) in [4.78, 5) is 68.6. The summed E-state index contributed by atoms with van der Waals surface area (Å²) in [5.41, 5.74) is -2.26. The molecule has 2 aromatic rings. The van der Waals surface area contributed by atoms with Crippen LogP contribution in [0.2, 0.25) is 0 Å². The second kappa shape index (κ2) is 18.1. The average molecular weight is 835 g/mol. The number of rotatable bonds is 13. The van der Waals surface area contributed by atoms with E-state index in [-0.39, 0.29) is 12.2 Å². The summed E-state index contributed by atoms with van der Waals surface area (Å²) < 4.78 is 43.5. The number of nitrogens with one attached hydrogen (secondary N) is 2. The number of anilines is 1. The summed E-state index contributed by atoms with van der Waals surface area (Å²) in [6.07, 6.45) is -0.747. The molecular formula is C40H66N8O11. The van der Waals surface area contributed by atoms with E-state index in [0.29, 0.717) is 43.8 Å². The summed E-state index contributed by atoms with van der Waals surface area (Å²) >= 11 is 0. The van der Waals surface area contributed by atoms with Gasteiger partial charge in [-0.2, -0.15) is 0 Å². The molecule has 332 valence electrons. The fourth-order valence-corrected chi connectivity index (χ4v) is 6.45. The van der Waals surface area contributed by atoms with Crippen LogP contribution in [0.4, 0.5) is 20.2 Å². The molecule has 19 heteroatoms. The zero-order valence-corrected chi connectivity index (χ0v) is 37.5. The third kappa shape index (κ3) is 14.4. The number of hydrogen-bond donors (Lipinski definition) is 2. The molecule has 0 spiro atoms. The first kappa shape index (κ1) is 47.3. The molecule has 0 bridgehead atoms. The van der Waals surface area contributed by atoms with Gasteiger partial charge in [-0.1, -0.05) is 0 Å². The maximum Gasteiger partial charge on any atom is 0.413 e. The van der Waals surface area contributed by atoms with Gasteiger partial charge in [-0.15, -0.1) is 0 Å². The van der Waals surface area contributed by atoms with Crippen LogP contribution in [0.25, 0.3) is 11.2 Å². The lowest BCUT2D eigenvalue weighted by Crippen LogP contribution is -2.48. The number of aromatic nitrogens is 4. The highest BCUT2D eigenvalue weighted by molar-refractivity contribution is 5.93. The maximum atomic E-state index is 13.5. The van der Waals surface area contributed by atoms with Crippen molar-refractivity contribution in [3.05, 3.63) is 12.7 Å².